The van der Waals surface area contributed by atoms with E-state index in [2.05, 4.69) is 17.4 Å². The van der Waals surface area contributed by atoms with E-state index in [1.54, 1.807) is 0 Å². The van der Waals surface area contributed by atoms with E-state index in [0.29, 0.717) is 6.04 Å². The molecule has 1 heterocycles. The highest BCUT2D eigenvalue weighted by atomic mass is 16.5. The van der Waals surface area contributed by atoms with Crippen LogP contribution in [0.2, 0.25) is 0 Å². The van der Waals surface area contributed by atoms with Crippen molar-refractivity contribution in [3.63, 3.8) is 0 Å². The van der Waals surface area contributed by atoms with E-state index in [0.717, 1.165) is 36.0 Å². The van der Waals surface area contributed by atoms with Crippen LogP contribution in [0.25, 0.3) is 0 Å². The number of ether oxygens (including phenoxy) is 2. The third-order valence-corrected chi connectivity index (χ3v) is 4.62. The Kier molecular flexibility index (Phi) is 5.17. The van der Waals surface area contributed by atoms with Crippen molar-refractivity contribution in [2.24, 2.45) is 0 Å². The fourth-order valence-electron chi connectivity index (χ4n) is 3.27. The Bertz CT molecular complexity index is 827. The molecule has 0 spiro atoms. The Morgan fingerprint density at radius 3 is 1.96 bits per heavy atom. The number of piperidine rings is 1. The van der Waals surface area contributed by atoms with Crippen molar-refractivity contribution in [2.75, 3.05) is 6.54 Å². The van der Waals surface area contributed by atoms with Crippen LogP contribution in [0.4, 0.5) is 0 Å². The normalized spacial score (nSPS) is 16.8. The summed E-state index contributed by atoms with van der Waals surface area (Å²) >= 11 is 0. The van der Waals surface area contributed by atoms with E-state index < -0.39 is 0 Å². The van der Waals surface area contributed by atoms with Gasteiger partial charge in [0.15, 0.2) is 11.5 Å². The number of nitrogens with one attached hydrogen (secondary N) is 1. The monoisotopic (exact) mass is 345 g/mol. The minimum atomic E-state index is 0.382. The van der Waals surface area contributed by atoms with Crippen LogP contribution in [-0.2, 0) is 0 Å². The van der Waals surface area contributed by atoms with Crippen molar-refractivity contribution >= 4 is 0 Å². The van der Waals surface area contributed by atoms with Crippen LogP contribution < -0.4 is 14.8 Å². The summed E-state index contributed by atoms with van der Waals surface area (Å²) in [5, 5.41) is 3.60. The molecular formula is C23H23NO2. The van der Waals surface area contributed by atoms with Gasteiger partial charge in [0.2, 0.25) is 0 Å². The lowest BCUT2D eigenvalue weighted by molar-refractivity contribution is 0.401. The molecule has 0 amide bonds. The molecule has 0 saturated carbocycles. The highest BCUT2D eigenvalue weighted by molar-refractivity contribution is 5.48. The number of hydrogen-bond donors (Lipinski definition) is 1. The Hall–Kier alpha value is -2.78. The van der Waals surface area contributed by atoms with Gasteiger partial charge < -0.3 is 14.8 Å². The number of benzene rings is 3. The molecule has 1 aliphatic heterocycles. The van der Waals surface area contributed by atoms with Crippen LogP contribution in [0.15, 0.2) is 78.9 Å². The van der Waals surface area contributed by atoms with Gasteiger partial charge in [-0.25, -0.2) is 0 Å². The predicted octanol–water partition coefficient (Wildman–Crippen LogP) is 6.09. The molecule has 3 aromatic carbocycles. The molecule has 0 aliphatic carbocycles. The SMILES string of the molecule is c1ccc(Oc2ccc([C@H]3CCCCN3)cc2Oc2ccccc2)cc1. The van der Waals surface area contributed by atoms with Gasteiger partial charge in [0.25, 0.3) is 0 Å². The summed E-state index contributed by atoms with van der Waals surface area (Å²) in [6, 6.07) is 26.3. The van der Waals surface area contributed by atoms with Crippen LogP contribution in [0.5, 0.6) is 23.0 Å². The van der Waals surface area contributed by atoms with Gasteiger partial charge in [0, 0.05) is 6.04 Å². The summed E-state index contributed by atoms with van der Waals surface area (Å²) in [7, 11) is 0. The molecule has 1 saturated heterocycles. The Morgan fingerprint density at radius 2 is 1.35 bits per heavy atom. The predicted molar refractivity (Wildman–Crippen MR) is 104 cm³/mol. The molecule has 1 aliphatic rings. The Balaban J connectivity index is 1.65. The quantitative estimate of drug-likeness (QED) is 0.607. The molecule has 3 nitrogen and oxygen atoms in total. The topological polar surface area (TPSA) is 30.5 Å². The zero-order valence-electron chi connectivity index (χ0n) is 14.7. The molecule has 1 N–H and O–H groups in total. The molecule has 0 bridgehead atoms. The molecular weight excluding hydrogens is 322 g/mol. The van der Waals surface area contributed by atoms with Gasteiger partial charge >= 0.3 is 0 Å². The van der Waals surface area contributed by atoms with E-state index >= 15 is 0 Å². The molecule has 0 radical (unpaired) electrons. The van der Waals surface area contributed by atoms with Gasteiger partial charge in [0.1, 0.15) is 11.5 Å². The zero-order valence-corrected chi connectivity index (χ0v) is 14.7. The van der Waals surface area contributed by atoms with Crippen LogP contribution >= 0.6 is 0 Å². The first-order valence-electron chi connectivity index (χ1n) is 9.22. The summed E-state index contributed by atoms with van der Waals surface area (Å²) in [5.41, 5.74) is 1.25. The van der Waals surface area contributed by atoms with E-state index in [4.69, 9.17) is 9.47 Å². The van der Waals surface area contributed by atoms with Crippen LogP contribution in [0, 0.1) is 0 Å². The van der Waals surface area contributed by atoms with Gasteiger partial charge in [-0.05, 0) is 61.3 Å². The Labute approximate surface area is 154 Å². The first kappa shape index (κ1) is 16.7. The minimum absolute atomic E-state index is 0.382. The standard InChI is InChI=1S/C23H23NO2/c1-3-9-19(10-4-1)25-22-15-14-18(21-13-7-8-16-24-21)17-23(22)26-20-11-5-2-6-12-20/h1-6,9-12,14-15,17,21,24H,7-8,13,16H2/t21-/m1/s1. The Morgan fingerprint density at radius 1 is 0.692 bits per heavy atom. The fourth-order valence-corrected chi connectivity index (χ4v) is 3.27. The molecule has 0 aromatic heterocycles. The maximum Gasteiger partial charge on any atom is 0.170 e. The van der Waals surface area contributed by atoms with Gasteiger partial charge in [0.05, 0.1) is 0 Å². The first-order chi connectivity index (χ1) is 12.9. The fraction of sp³-hybridized carbons (Fsp3) is 0.217. The lowest BCUT2D eigenvalue weighted by Crippen LogP contribution is -2.26. The third-order valence-electron chi connectivity index (χ3n) is 4.62. The molecule has 1 fully saturated rings. The summed E-state index contributed by atoms with van der Waals surface area (Å²) in [4.78, 5) is 0. The van der Waals surface area contributed by atoms with Crippen molar-refractivity contribution in [1.82, 2.24) is 5.32 Å². The van der Waals surface area contributed by atoms with Crippen molar-refractivity contribution in [2.45, 2.75) is 25.3 Å². The summed E-state index contributed by atoms with van der Waals surface area (Å²) in [5.74, 6) is 3.07. The average Bonchev–Trinajstić information content (AvgIpc) is 2.71. The lowest BCUT2D eigenvalue weighted by atomic mass is 9.97. The van der Waals surface area contributed by atoms with E-state index in [1.807, 2.05) is 66.7 Å². The second kappa shape index (κ2) is 8.07. The first-order valence-corrected chi connectivity index (χ1v) is 9.22. The highest BCUT2D eigenvalue weighted by Crippen LogP contribution is 2.37. The van der Waals surface area contributed by atoms with E-state index in [-0.39, 0.29) is 0 Å². The van der Waals surface area contributed by atoms with Crippen LogP contribution in [-0.4, -0.2) is 6.54 Å². The van der Waals surface area contributed by atoms with E-state index in [9.17, 15) is 0 Å². The third kappa shape index (κ3) is 4.06. The van der Waals surface area contributed by atoms with Crippen molar-refractivity contribution < 1.29 is 9.47 Å². The maximum atomic E-state index is 6.16. The van der Waals surface area contributed by atoms with Gasteiger partial charge in [-0.3, -0.25) is 0 Å². The molecule has 3 aromatic rings. The molecule has 26 heavy (non-hydrogen) atoms. The second-order valence-electron chi connectivity index (χ2n) is 6.54. The van der Waals surface area contributed by atoms with Crippen molar-refractivity contribution in [1.29, 1.82) is 0 Å². The molecule has 4 rings (SSSR count). The van der Waals surface area contributed by atoms with Crippen molar-refractivity contribution in [3.8, 4) is 23.0 Å². The number of para-hydroxylation sites is 2. The molecule has 132 valence electrons. The van der Waals surface area contributed by atoms with Crippen LogP contribution in [0.3, 0.4) is 0 Å². The van der Waals surface area contributed by atoms with Gasteiger partial charge in [-0.1, -0.05) is 48.9 Å². The lowest BCUT2D eigenvalue weighted by Gasteiger charge is -2.24. The summed E-state index contributed by atoms with van der Waals surface area (Å²) in [6.07, 6.45) is 3.66. The maximum absolute atomic E-state index is 6.16. The largest absolute Gasteiger partial charge is 0.453 e. The summed E-state index contributed by atoms with van der Waals surface area (Å²) < 4.78 is 12.2. The van der Waals surface area contributed by atoms with Gasteiger partial charge in [-0.2, -0.15) is 0 Å². The minimum Gasteiger partial charge on any atom is -0.453 e. The molecule has 3 heteroatoms. The summed E-state index contributed by atoms with van der Waals surface area (Å²) in [6.45, 7) is 1.07. The van der Waals surface area contributed by atoms with Crippen LogP contribution in [0.1, 0.15) is 30.9 Å². The second-order valence-corrected chi connectivity index (χ2v) is 6.54. The smallest absolute Gasteiger partial charge is 0.170 e. The van der Waals surface area contributed by atoms with Gasteiger partial charge in [-0.15, -0.1) is 0 Å². The van der Waals surface area contributed by atoms with Crippen molar-refractivity contribution in [3.05, 3.63) is 84.4 Å². The average molecular weight is 345 g/mol. The number of rotatable bonds is 5. The molecule has 0 unspecified atom stereocenters. The highest BCUT2D eigenvalue weighted by Gasteiger charge is 2.17. The molecule has 1 atom stereocenters. The number of hydrogen-bond acceptors (Lipinski definition) is 3. The zero-order chi connectivity index (χ0) is 17.6. The van der Waals surface area contributed by atoms with E-state index in [1.165, 1.54) is 18.4 Å².